The van der Waals surface area contributed by atoms with Crippen LogP contribution in [0.25, 0.3) is 0 Å². The molecule has 1 fully saturated rings. The molecule has 1 aliphatic heterocycles. The second-order valence-corrected chi connectivity index (χ2v) is 12.6. The maximum Gasteiger partial charge on any atom is 0.303 e. The SMILES string of the molecule is CC(=O)O[C@@H](C)C(=O)NCc1ccc(C2O[C@H](CN(C)[C@@H](C)[C@H](O)c3ccccc3)[C@@H](c3ccccc3)[C@H](c3ccc(CO)cc3)O2)cc1. The van der Waals surface area contributed by atoms with Gasteiger partial charge in [-0.3, -0.25) is 14.5 Å². The summed E-state index contributed by atoms with van der Waals surface area (Å²) in [5, 5.41) is 23.8. The number of carbonyl (C=O) groups is 2. The predicted molar refractivity (Wildman–Crippen MR) is 186 cm³/mol. The number of likely N-dealkylation sites (N-methyl/N-ethyl adjacent to an activating group) is 1. The second-order valence-electron chi connectivity index (χ2n) is 12.6. The molecule has 1 aliphatic rings. The van der Waals surface area contributed by atoms with Crippen LogP contribution < -0.4 is 5.32 Å². The number of amides is 1. The minimum atomic E-state index is -0.881. The van der Waals surface area contributed by atoms with Gasteiger partial charge < -0.3 is 29.7 Å². The van der Waals surface area contributed by atoms with Crippen molar-refractivity contribution in [2.45, 2.75) is 76.6 Å². The van der Waals surface area contributed by atoms with Crippen molar-refractivity contribution in [3.8, 4) is 0 Å². The first kappa shape index (κ1) is 35.9. The lowest BCUT2D eigenvalue weighted by atomic mass is 9.83. The highest BCUT2D eigenvalue weighted by molar-refractivity contribution is 5.82. The van der Waals surface area contributed by atoms with Crippen LogP contribution in [0.2, 0.25) is 0 Å². The zero-order valence-corrected chi connectivity index (χ0v) is 28.4. The maximum absolute atomic E-state index is 12.4. The maximum atomic E-state index is 12.4. The van der Waals surface area contributed by atoms with Crippen molar-refractivity contribution in [3.63, 3.8) is 0 Å². The van der Waals surface area contributed by atoms with E-state index in [4.69, 9.17) is 14.2 Å². The van der Waals surface area contributed by atoms with E-state index in [1.54, 1.807) is 0 Å². The van der Waals surface area contributed by atoms with Crippen LogP contribution in [0, 0.1) is 0 Å². The molecule has 5 rings (SSSR count). The number of hydrogen-bond donors (Lipinski definition) is 3. The van der Waals surface area contributed by atoms with Gasteiger partial charge in [0.2, 0.25) is 0 Å². The van der Waals surface area contributed by atoms with Crippen molar-refractivity contribution in [1.29, 1.82) is 0 Å². The summed E-state index contributed by atoms with van der Waals surface area (Å²) in [6.45, 7) is 5.55. The Labute approximate surface area is 288 Å². The molecule has 9 nitrogen and oxygen atoms in total. The molecule has 1 saturated heterocycles. The number of aliphatic hydroxyl groups is 2. The van der Waals surface area contributed by atoms with Crippen LogP contribution in [0.5, 0.6) is 0 Å². The number of ether oxygens (including phenoxy) is 3. The molecule has 7 atom stereocenters. The zero-order chi connectivity index (χ0) is 34.9. The Bertz CT molecular complexity index is 1630. The Morgan fingerprint density at radius 3 is 2.02 bits per heavy atom. The highest BCUT2D eigenvalue weighted by Crippen LogP contribution is 2.47. The molecule has 0 radical (unpaired) electrons. The van der Waals surface area contributed by atoms with Crippen molar-refractivity contribution in [2.75, 3.05) is 13.6 Å². The van der Waals surface area contributed by atoms with Gasteiger partial charge in [0.1, 0.15) is 0 Å². The molecule has 0 aromatic heterocycles. The van der Waals surface area contributed by atoms with E-state index < -0.39 is 24.5 Å². The van der Waals surface area contributed by atoms with Crippen LogP contribution >= 0.6 is 0 Å². The van der Waals surface area contributed by atoms with Crippen molar-refractivity contribution in [1.82, 2.24) is 10.2 Å². The first-order valence-corrected chi connectivity index (χ1v) is 16.7. The Hall–Kier alpha value is -4.38. The van der Waals surface area contributed by atoms with Gasteiger partial charge in [-0.15, -0.1) is 0 Å². The number of benzene rings is 4. The van der Waals surface area contributed by atoms with Gasteiger partial charge in [-0.05, 0) is 48.7 Å². The van der Waals surface area contributed by atoms with Gasteiger partial charge in [-0.1, -0.05) is 109 Å². The molecule has 1 unspecified atom stereocenters. The normalized spacial score (nSPS) is 21.0. The number of aliphatic hydroxyl groups excluding tert-OH is 2. The van der Waals surface area contributed by atoms with Crippen LogP contribution in [0.3, 0.4) is 0 Å². The second kappa shape index (κ2) is 16.8. The van der Waals surface area contributed by atoms with Gasteiger partial charge in [-0.2, -0.15) is 0 Å². The molecular weight excluding hydrogens is 620 g/mol. The fraction of sp³-hybridized carbons (Fsp3) is 0.350. The molecule has 9 heteroatoms. The molecule has 1 amide bonds. The highest BCUT2D eigenvalue weighted by Gasteiger charge is 2.43. The summed E-state index contributed by atoms with van der Waals surface area (Å²) in [4.78, 5) is 25.7. The van der Waals surface area contributed by atoms with E-state index in [9.17, 15) is 19.8 Å². The molecule has 0 bridgehead atoms. The van der Waals surface area contributed by atoms with E-state index in [0.29, 0.717) is 6.54 Å². The number of nitrogens with one attached hydrogen (secondary N) is 1. The molecule has 0 aliphatic carbocycles. The molecule has 0 spiro atoms. The molecule has 49 heavy (non-hydrogen) atoms. The lowest BCUT2D eigenvalue weighted by molar-refractivity contribution is -0.264. The zero-order valence-electron chi connectivity index (χ0n) is 28.4. The number of carbonyl (C=O) groups excluding carboxylic acids is 2. The van der Waals surface area contributed by atoms with E-state index in [2.05, 4.69) is 22.3 Å². The summed E-state index contributed by atoms with van der Waals surface area (Å²) < 4.78 is 18.6. The Morgan fingerprint density at radius 1 is 0.816 bits per heavy atom. The minimum Gasteiger partial charge on any atom is -0.453 e. The predicted octanol–water partition coefficient (Wildman–Crippen LogP) is 5.74. The molecule has 1 heterocycles. The fourth-order valence-corrected chi connectivity index (χ4v) is 6.21. The summed E-state index contributed by atoms with van der Waals surface area (Å²) in [5.41, 5.74) is 5.38. The van der Waals surface area contributed by atoms with Crippen LogP contribution in [-0.2, 0) is 37.0 Å². The van der Waals surface area contributed by atoms with E-state index in [-0.39, 0.29) is 43.2 Å². The van der Waals surface area contributed by atoms with Crippen molar-refractivity contribution in [3.05, 3.63) is 143 Å². The molecular formula is C40H46N2O7. The summed E-state index contributed by atoms with van der Waals surface area (Å²) >= 11 is 0. The lowest BCUT2D eigenvalue weighted by Gasteiger charge is -2.45. The average molecular weight is 667 g/mol. The standard InChI is InChI=1S/C40H46N2O7/c1-26(37(45)32-13-9-6-10-14-32)42(4)24-35-36(31-11-7-5-8-12-31)38(33-19-17-30(25-43)18-20-33)49-40(48-35)34-21-15-29(16-22-34)23-41-39(46)27(2)47-28(3)44/h5-22,26-27,35-38,40,43,45H,23-25H2,1-4H3,(H,41,46)/t26-,27-,35+,36+,37-,38-,40?/m0/s1. The Balaban J connectivity index is 1.43. The van der Waals surface area contributed by atoms with Gasteiger partial charge >= 0.3 is 5.97 Å². The van der Waals surface area contributed by atoms with Gasteiger partial charge in [0, 0.05) is 37.5 Å². The van der Waals surface area contributed by atoms with E-state index >= 15 is 0 Å². The van der Waals surface area contributed by atoms with E-state index in [1.165, 1.54) is 13.8 Å². The van der Waals surface area contributed by atoms with Gasteiger partial charge in [0.25, 0.3) is 5.91 Å². The number of esters is 1. The summed E-state index contributed by atoms with van der Waals surface area (Å²) in [5.74, 6) is -1.07. The van der Waals surface area contributed by atoms with Crippen LogP contribution in [0.1, 0.15) is 78.6 Å². The summed E-state index contributed by atoms with van der Waals surface area (Å²) in [6.07, 6.45) is -3.00. The number of hydrogen-bond acceptors (Lipinski definition) is 8. The third kappa shape index (κ3) is 9.20. The molecule has 4 aromatic rings. The third-order valence-corrected chi connectivity index (χ3v) is 9.16. The fourth-order valence-electron chi connectivity index (χ4n) is 6.21. The van der Waals surface area contributed by atoms with Crippen LogP contribution in [0.15, 0.2) is 109 Å². The molecule has 3 N–H and O–H groups in total. The van der Waals surface area contributed by atoms with E-state index in [0.717, 1.165) is 33.4 Å². The van der Waals surface area contributed by atoms with Crippen molar-refractivity contribution in [2.24, 2.45) is 0 Å². The van der Waals surface area contributed by atoms with Crippen LogP contribution in [-0.4, -0.2) is 58.8 Å². The first-order chi connectivity index (χ1) is 23.6. The van der Waals surface area contributed by atoms with Gasteiger partial charge in [0.15, 0.2) is 12.4 Å². The average Bonchev–Trinajstić information content (AvgIpc) is 3.13. The topological polar surface area (TPSA) is 118 Å². The number of rotatable bonds is 13. The summed E-state index contributed by atoms with van der Waals surface area (Å²) in [7, 11) is 2.00. The molecule has 0 saturated carbocycles. The van der Waals surface area contributed by atoms with Gasteiger partial charge in [-0.25, -0.2) is 0 Å². The Kier molecular flexibility index (Phi) is 12.3. The molecule has 258 valence electrons. The smallest absolute Gasteiger partial charge is 0.303 e. The van der Waals surface area contributed by atoms with Crippen molar-refractivity contribution < 1.29 is 34.0 Å². The quantitative estimate of drug-likeness (QED) is 0.155. The number of nitrogens with zero attached hydrogens (tertiary/aromatic N) is 1. The van der Waals surface area contributed by atoms with Crippen molar-refractivity contribution >= 4 is 11.9 Å². The van der Waals surface area contributed by atoms with E-state index in [1.807, 2.05) is 111 Å². The molecule has 4 aromatic carbocycles. The minimum absolute atomic E-state index is 0.0514. The van der Waals surface area contributed by atoms with Crippen LogP contribution in [0.4, 0.5) is 0 Å². The monoisotopic (exact) mass is 666 g/mol. The third-order valence-electron chi connectivity index (χ3n) is 9.16. The first-order valence-electron chi connectivity index (χ1n) is 16.7. The van der Waals surface area contributed by atoms with Gasteiger partial charge in [0.05, 0.1) is 24.9 Å². The highest BCUT2D eigenvalue weighted by atomic mass is 16.7. The Morgan fingerprint density at radius 2 is 1.41 bits per heavy atom. The largest absolute Gasteiger partial charge is 0.453 e. The lowest BCUT2D eigenvalue weighted by Crippen LogP contribution is -2.46. The summed E-state index contributed by atoms with van der Waals surface area (Å²) in [6, 6.07) is 35.2.